The molecule has 0 spiro atoms. The van der Waals surface area contributed by atoms with Crippen LogP contribution >= 0.6 is 11.3 Å². The minimum atomic E-state index is -1.10. The first kappa shape index (κ1) is 16.2. The number of anilines is 1. The molecule has 6 nitrogen and oxygen atoms in total. The maximum absolute atomic E-state index is 11.9. The van der Waals surface area contributed by atoms with E-state index in [1.165, 1.54) is 6.07 Å². The zero-order valence-electron chi connectivity index (χ0n) is 11.8. The summed E-state index contributed by atoms with van der Waals surface area (Å²) in [5, 5.41) is 15.6. The molecule has 0 saturated heterocycles. The van der Waals surface area contributed by atoms with Crippen molar-refractivity contribution in [2.45, 2.75) is 33.7 Å². The fourth-order valence-electron chi connectivity index (χ4n) is 1.29. The third kappa shape index (κ3) is 4.06. The number of hydrogen-bond acceptors (Lipinski definition) is 4. The molecule has 0 aliphatic rings. The zero-order valence-corrected chi connectivity index (χ0v) is 12.6. The Bertz CT molecular complexity index is 531. The van der Waals surface area contributed by atoms with Crippen molar-refractivity contribution in [1.82, 2.24) is 5.32 Å². The fraction of sp³-hybridized carbons (Fsp3) is 0.462. The second-order valence-corrected chi connectivity index (χ2v) is 6.32. The van der Waals surface area contributed by atoms with Crippen LogP contribution in [-0.2, 0) is 9.59 Å². The first-order chi connectivity index (χ1) is 9.12. The van der Waals surface area contributed by atoms with E-state index >= 15 is 0 Å². The number of carbonyl (C=O) groups is 3. The quantitative estimate of drug-likeness (QED) is 0.791. The van der Waals surface area contributed by atoms with Crippen LogP contribution in [0.4, 0.5) is 5.69 Å². The Labute approximate surface area is 121 Å². The van der Waals surface area contributed by atoms with E-state index in [0.717, 1.165) is 11.3 Å². The lowest BCUT2D eigenvalue weighted by Crippen LogP contribution is -2.46. The summed E-state index contributed by atoms with van der Waals surface area (Å²) in [6.45, 7) is 6.78. The molecule has 1 aromatic heterocycles. The molecule has 0 aromatic carbocycles. The monoisotopic (exact) mass is 298 g/mol. The lowest BCUT2D eigenvalue weighted by atomic mass is 9.95. The summed E-state index contributed by atoms with van der Waals surface area (Å²) in [5.41, 5.74) is -0.354. The third-order valence-electron chi connectivity index (χ3n) is 2.54. The summed E-state index contributed by atoms with van der Waals surface area (Å²) in [6, 6.07) is 0.771. The second kappa shape index (κ2) is 6.04. The van der Waals surface area contributed by atoms with Crippen molar-refractivity contribution in [1.29, 1.82) is 0 Å². The van der Waals surface area contributed by atoms with Gasteiger partial charge in [0.05, 0.1) is 5.69 Å². The molecule has 1 rings (SSSR count). The van der Waals surface area contributed by atoms with Gasteiger partial charge < -0.3 is 15.7 Å². The number of nitrogens with one attached hydrogen (secondary N) is 2. The highest BCUT2D eigenvalue weighted by atomic mass is 32.1. The van der Waals surface area contributed by atoms with Crippen molar-refractivity contribution in [3.8, 4) is 0 Å². The van der Waals surface area contributed by atoms with Gasteiger partial charge in [0.15, 0.2) is 0 Å². The Morgan fingerprint density at radius 1 is 1.30 bits per heavy atom. The predicted octanol–water partition coefficient (Wildman–Crippen LogP) is 1.94. The second-order valence-electron chi connectivity index (χ2n) is 5.40. The van der Waals surface area contributed by atoms with E-state index in [2.05, 4.69) is 10.6 Å². The highest BCUT2D eigenvalue weighted by molar-refractivity contribution is 7.12. The van der Waals surface area contributed by atoms with Gasteiger partial charge in [-0.1, -0.05) is 20.8 Å². The summed E-state index contributed by atoms with van der Waals surface area (Å²) in [7, 11) is 0. The van der Waals surface area contributed by atoms with E-state index in [-0.39, 0.29) is 16.5 Å². The number of rotatable bonds is 4. The maximum atomic E-state index is 11.9. The van der Waals surface area contributed by atoms with Crippen LogP contribution in [0.2, 0.25) is 0 Å². The first-order valence-corrected chi connectivity index (χ1v) is 6.93. The van der Waals surface area contributed by atoms with E-state index in [4.69, 9.17) is 5.11 Å². The lowest BCUT2D eigenvalue weighted by Gasteiger charge is -2.21. The number of carbonyl (C=O) groups excluding carboxylic acids is 2. The Kier molecular flexibility index (Phi) is 4.88. The van der Waals surface area contributed by atoms with Crippen molar-refractivity contribution < 1.29 is 19.5 Å². The van der Waals surface area contributed by atoms with Crippen LogP contribution in [0.25, 0.3) is 0 Å². The first-order valence-electron chi connectivity index (χ1n) is 6.05. The van der Waals surface area contributed by atoms with E-state index in [1.54, 1.807) is 33.1 Å². The van der Waals surface area contributed by atoms with Crippen LogP contribution in [0.15, 0.2) is 11.4 Å². The molecular formula is C13H18N2O4S. The Hall–Kier alpha value is -1.89. The molecule has 1 atom stereocenters. The Morgan fingerprint density at radius 2 is 1.90 bits per heavy atom. The van der Waals surface area contributed by atoms with Gasteiger partial charge in [0.25, 0.3) is 0 Å². The molecule has 2 amide bonds. The standard InChI is InChI=1S/C13H18N2O4S/c1-7(14-12(19)13(2,3)4)10(16)15-8-5-6-20-9(8)11(17)18/h5-7H,1-4H3,(H,14,19)(H,15,16)(H,17,18). The van der Waals surface area contributed by atoms with Gasteiger partial charge in [0.2, 0.25) is 11.8 Å². The largest absolute Gasteiger partial charge is 0.477 e. The molecule has 3 N–H and O–H groups in total. The normalized spacial score (nSPS) is 12.6. The SMILES string of the molecule is CC(NC(=O)C(C)(C)C)C(=O)Nc1ccsc1C(=O)O. The van der Waals surface area contributed by atoms with Crippen molar-refractivity contribution in [2.24, 2.45) is 5.41 Å². The third-order valence-corrected chi connectivity index (χ3v) is 3.44. The van der Waals surface area contributed by atoms with Crippen LogP contribution in [0.5, 0.6) is 0 Å². The van der Waals surface area contributed by atoms with Gasteiger partial charge in [0.1, 0.15) is 10.9 Å². The summed E-state index contributed by atoms with van der Waals surface area (Å²) in [4.78, 5) is 34.7. The van der Waals surface area contributed by atoms with Gasteiger partial charge in [-0.25, -0.2) is 4.79 Å². The molecule has 1 aromatic rings. The molecule has 7 heteroatoms. The number of carboxylic acid groups (broad SMARTS) is 1. The van der Waals surface area contributed by atoms with Gasteiger partial charge in [-0.3, -0.25) is 9.59 Å². The summed E-state index contributed by atoms with van der Waals surface area (Å²) in [5.74, 6) is -1.80. The molecule has 0 fully saturated rings. The molecule has 0 radical (unpaired) electrons. The van der Waals surface area contributed by atoms with E-state index < -0.39 is 23.3 Å². The highest BCUT2D eigenvalue weighted by Gasteiger charge is 2.25. The predicted molar refractivity (Wildman–Crippen MR) is 77.0 cm³/mol. The van der Waals surface area contributed by atoms with Crippen LogP contribution in [0, 0.1) is 5.41 Å². The Morgan fingerprint density at radius 3 is 2.40 bits per heavy atom. The number of carboxylic acids is 1. The van der Waals surface area contributed by atoms with Crippen LogP contribution in [-0.4, -0.2) is 28.9 Å². The van der Waals surface area contributed by atoms with Crippen LogP contribution in [0.1, 0.15) is 37.4 Å². The van der Waals surface area contributed by atoms with E-state index in [9.17, 15) is 14.4 Å². The number of amides is 2. The highest BCUT2D eigenvalue weighted by Crippen LogP contribution is 2.22. The van der Waals surface area contributed by atoms with Gasteiger partial charge in [-0.2, -0.15) is 0 Å². The number of hydrogen-bond donors (Lipinski definition) is 3. The van der Waals surface area contributed by atoms with Gasteiger partial charge >= 0.3 is 5.97 Å². The summed E-state index contributed by atoms with van der Waals surface area (Å²) < 4.78 is 0. The molecule has 1 heterocycles. The van der Waals surface area contributed by atoms with Crippen molar-refractivity contribution in [2.75, 3.05) is 5.32 Å². The summed E-state index contributed by atoms with van der Waals surface area (Å²) >= 11 is 1.03. The molecule has 0 aliphatic heterocycles. The number of thiophene rings is 1. The van der Waals surface area contributed by atoms with E-state index in [0.29, 0.717) is 0 Å². The molecule has 0 aliphatic carbocycles. The smallest absolute Gasteiger partial charge is 0.348 e. The Balaban J connectivity index is 2.69. The lowest BCUT2D eigenvalue weighted by molar-refractivity contribution is -0.131. The van der Waals surface area contributed by atoms with Crippen molar-refractivity contribution >= 4 is 34.8 Å². The molecule has 0 saturated carbocycles. The number of aromatic carboxylic acids is 1. The van der Waals surface area contributed by atoms with Gasteiger partial charge in [0, 0.05) is 5.41 Å². The average Bonchev–Trinajstić information content (AvgIpc) is 2.75. The van der Waals surface area contributed by atoms with E-state index in [1.807, 2.05) is 0 Å². The minimum Gasteiger partial charge on any atom is -0.477 e. The average molecular weight is 298 g/mol. The minimum absolute atomic E-state index is 0.0627. The molecule has 110 valence electrons. The van der Waals surface area contributed by atoms with Crippen LogP contribution in [0.3, 0.4) is 0 Å². The zero-order chi connectivity index (χ0) is 15.5. The topological polar surface area (TPSA) is 95.5 Å². The van der Waals surface area contributed by atoms with Crippen molar-refractivity contribution in [3.05, 3.63) is 16.3 Å². The maximum Gasteiger partial charge on any atom is 0.348 e. The van der Waals surface area contributed by atoms with Gasteiger partial charge in [-0.05, 0) is 18.4 Å². The van der Waals surface area contributed by atoms with Crippen LogP contribution < -0.4 is 10.6 Å². The molecular weight excluding hydrogens is 280 g/mol. The van der Waals surface area contributed by atoms with Gasteiger partial charge in [-0.15, -0.1) is 11.3 Å². The summed E-state index contributed by atoms with van der Waals surface area (Å²) in [6.07, 6.45) is 0. The fourth-order valence-corrected chi connectivity index (χ4v) is 1.98. The van der Waals surface area contributed by atoms with Crippen molar-refractivity contribution in [3.63, 3.8) is 0 Å². The molecule has 20 heavy (non-hydrogen) atoms. The molecule has 0 bridgehead atoms. The molecule has 1 unspecified atom stereocenters.